The number of anilines is 2. The van der Waals surface area contributed by atoms with Gasteiger partial charge in [-0.3, -0.25) is 13.9 Å². The molecule has 3 aromatic rings. The van der Waals surface area contributed by atoms with E-state index in [0.717, 1.165) is 21.0 Å². The lowest BCUT2D eigenvalue weighted by Gasteiger charge is -2.17. The summed E-state index contributed by atoms with van der Waals surface area (Å²) in [7, 11) is -2.69. The number of hydrogen-bond acceptors (Lipinski definition) is 8. The van der Waals surface area contributed by atoms with Crippen LogP contribution >= 0.6 is 11.3 Å². The fraction of sp³-hybridized carbons (Fsp3) is 0.150. The highest BCUT2D eigenvalue weighted by atomic mass is 32.2. The van der Waals surface area contributed by atoms with E-state index in [9.17, 15) is 22.8 Å². The molecule has 0 saturated heterocycles. The first-order valence-electron chi connectivity index (χ1n) is 8.98. The first-order chi connectivity index (χ1) is 14.8. The van der Waals surface area contributed by atoms with Crippen LogP contribution in [0.3, 0.4) is 0 Å². The number of nitrogens with one attached hydrogen (secondary N) is 1. The highest BCUT2D eigenvalue weighted by Gasteiger charge is 2.37. The van der Waals surface area contributed by atoms with Gasteiger partial charge in [0.25, 0.3) is 15.9 Å². The lowest BCUT2D eigenvalue weighted by atomic mass is 10.1. The van der Waals surface area contributed by atoms with Gasteiger partial charge in [-0.05, 0) is 29.0 Å². The Bertz CT molecular complexity index is 1310. The monoisotopic (exact) mass is 460 g/mol. The van der Waals surface area contributed by atoms with E-state index in [1.54, 1.807) is 35.7 Å². The van der Waals surface area contributed by atoms with Gasteiger partial charge in [-0.1, -0.05) is 24.3 Å². The molecule has 2 aromatic carbocycles. The van der Waals surface area contributed by atoms with Crippen molar-refractivity contribution in [1.29, 1.82) is 0 Å². The van der Waals surface area contributed by atoms with Gasteiger partial charge in [0.15, 0.2) is 6.61 Å². The zero-order valence-electron chi connectivity index (χ0n) is 16.2. The minimum atomic E-state index is -3.91. The first-order valence-corrected chi connectivity index (χ1v) is 11.3. The van der Waals surface area contributed by atoms with Crippen LogP contribution in [0.4, 0.5) is 11.4 Å². The lowest BCUT2D eigenvalue weighted by Crippen LogP contribution is -2.34. The molecule has 1 aromatic heterocycles. The number of amides is 1. The minimum Gasteiger partial charge on any atom is -0.465 e. The van der Waals surface area contributed by atoms with Crippen LogP contribution in [0.15, 0.2) is 52.7 Å². The molecule has 0 atom stereocenters. The molecule has 0 radical (unpaired) electrons. The SMILES string of the molecule is COC(=O)c1sccc1NC(=O)COC(=O)CN1c2cccc3cccc(c23)S1(=O)=O. The summed E-state index contributed by atoms with van der Waals surface area (Å²) in [5.41, 5.74) is 0.623. The Morgan fingerprint density at radius 2 is 1.84 bits per heavy atom. The molecule has 1 N–H and O–H groups in total. The molecule has 1 aliphatic rings. The van der Waals surface area contributed by atoms with Crippen LogP contribution in [0, 0.1) is 0 Å². The number of esters is 2. The summed E-state index contributed by atoms with van der Waals surface area (Å²) in [6, 6.07) is 11.5. The van der Waals surface area contributed by atoms with Crippen LogP contribution < -0.4 is 9.62 Å². The van der Waals surface area contributed by atoms with Gasteiger partial charge < -0.3 is 14.8 Å². The molecule has 0 aliphatic carbocycles. The van der Waals surface area contributed by atoms with Gasteiger partial charge in [-0.15, -0.1) is 11.3 Å². The third-order valence-electron chi connectivity index (χ3n) is 4.63. The van der Waals surface area contributed by atoms with E-state index in [-0.39, 0.29) is 15.5 Å². The van der Waals surface area contributed by atoms with Crippen molar-refractivity contribution in [3.05, 3.63) is 52.7 Å². The summed E-state index contributed by atoms with van der Waals surface area (Å²) in [6.45, 7) is -1.21. The Kier molecular flexibility index (Phi) is 5.38. The minimum absolute atomic E-state index is 0.124. The van der Waals surface area contributed by atoms with Crippen molar-refractivity contribution < 1.29 is 32.3 Å². The van der Waals surface area contributed by atoms with Crippen LogP contribution in [0.5, 0.6) is 0 Å². The second-order valence-corrected chi connectivity index (χ2v) is 9.25. The molecule has 2 heterocycles. The van der Waals surface area contributed by atoms with Gasteiger partial charge >= 0.3 is 11.9 Å². The average Bonchev–Trinajstić information content (AvgIpc) is 3.30. The molecule has 1 aliphatic heterocycles. The maximum Gasteiger partial charge on any atom is 0.350 e. The average molecular weight is 460 g/mol. The fourth-order valence-corrected chi connectivity index (χ4v) is 5.70. The van der Waals surface area contributed by atoms with Crippen molar-refractivity contribution in [2.75, 3.05) is 29.9 Å². The van der Waals surface area contributed by atoms with Crippen LogP contribution in [0.1, 0.15) is 9.67 Å². The number of carbonyl (C=O) groups is 3. The Hall–Kier alpha value is -3.44. The number of sulfonamides is 1. The molecule has 0 saturated carbocycles. The van der Waals surface area contributed by atoms with Gasteiger partial charge in [0.1, 0.15) is 11.4 Å². The molecule has 9 nitrogen and oxygen atoms in total. The number of nitrogens with zero attached hydrogens (tertiary/aromatic N) is 1. The molecule has 160 valence electrons. The molecule has 4 rings (SSSR count). The number of hydrogen-bond donors (Lipinski definition) is 1. The molecule has 0 bridgehead atoms. The number of benzene rings is 2. The molecule has 11 heteroatoms. The maximum absolute atomic E-state index is 12.9. The Morgan fingerprint density at radius 1 is 1.10 bits per heavy atom. The third kappa shape index (κ3) is 3.73. The van der Waals surface area contributed by atoms with Crippen molar-refractivity contribution >= 4 is 61.4 Å². The Balaban J connectivity index is 1.42. The zero-order chi connectivity index (χ0) is 22.2. The number of methoxy groups -OCH3 is 1. The number of ether oxygens (including phenoxy) is 2. The second kappa shape index (κ2) is 8.00. The van der Waals surface area contributed by atoms with Gasteiger partial charge in [0, 0.05) is 5.39 Å². The van der Waals surface area contributed by atoms with Crippen molar-refractivity contribution in [2.24, 2.45) is 0 Å². The topological polar surface area (TPSA) is 119 Å². The number of rotatable bonds is 6. The van der Waals surface area contributed by atoms with E-state index in [1.807, 2.05) is 0 Å². The summed E-state index contributed by atoms with van der Waals surface area (Å²) >= 11 is 1.09. The van der Waals surface area contributed by atoms with Gasteiger partial charge in [0.05, 0.1) is 23.4 Å². The Morgan fingerprint density at radius 3 is 2.58 bits per heavy atom. The van der Waals surface area contributed by atoms with E-state index in [2.05, 4.69) is 10.1 Å². The second-order valence-electron chi connectivity index (χ2n) is 6.51. The van der Waals surface area contributed by atoms with Crippen LogP contribution in [0.25, 0.3) is 10.8 Å². The number of carbonyl (C=O) groups excluding carboxylic acids is 3. The summed E-state index contributed by atoms with van der Waals surface area (Å²) in [5.74, 6) is -2.16. The normalized spacial score (nSPS) is 13.8. The highest BCUT2D eigenvalue weighted by Crippen LogP contribution is 2.41. The molecule has 31 heavy (non-hydrogen) atoms. The maximum atomic E-state index is 12.9. The van der Waals surface area contributed by atoms with Gasteiger partial charge in [0.2, 0.25) is 0 Å². The predicted molar refractivity (Wildman–Crippen MR) is 114 cm³/mol. The summed E-state index contributed by atoms with van der Waals surface area (Å²) in [6.07, 6.45) is 0. The Labute approximate surface area is 181 Å². The van der Waals surface area contributed by atoms with Gasteiger partial charge in [-0.2, -0.15) is 0 Å². The zero-order valence-corrected chi connectivity index (χ0v) is 17.8. The molecular formula is C20H16N2O7S2. The fourth-order valence-electron chi connectivity index (χ4n) is 3.28. The summed E-state index contributed by atoms with van der Waals surface area (Å²) < 4.78 is 36.3. The smallest absolute Gasteiger partial charge is 0.350 e. The standard InChI is InChI=1S/C20H16N2O7S2/c1-28-20(25)19-13(8-9-30-19)21-16(23)11-29-17(24)10-22-14-6-2-4-12-5-3-7-15(18(12)14)31(22,26)27/h2-9H,10-11H2,1H3,(H,21,23). The third-order valence-corrected chi connectivity index (χ3v) is 7.32. The van der Waals surface area contributed by atoms with Gasteiger partial charge in [-0.25, -0.2) is 13.2 Å². The molecule has 0 fully saturated rings. The van der Waals surface area contributed by atoms with Crippen molar-refractivity contribution in [3.8, 4) is 0 Å². The molecule has 0 spiro atoms. The van der Waals surface area contributed by atoms with Crippen molar-refractivity contribution in [1.82, 2.24) is 0 Å². The van der Waals surface area contributed by atoms with Crippen molar-refractivity contribution in [3.63, 3.8) is 0 Å². The van der Waals surface area contributed by atoms with Crippen molar-refractivity contribution in [2.45, 2.75) is 4.90 Å². The van der Waals surface area contributed by atoms with E-state index in [1.165, 1.54) is 19.2 Å². The highest BCUT2D eigenvalue weighted by molar-refractivity contribution is 7.93. The molecular weight excluding hydrogens is 444 g/mol. The van der Waals surface area contributed by atoms with Crippen LogP contribution in [-0.2, 0) is 29.1 Å². The van der Waals surface area contributed by atoms with E-state index in [0.29, 0.717) is 11.1 Å². The van der Waals surface area contributed by atoms with Crippen LogP contribution in [0.2, 0.25) is 0 Å². The summed E-state index contributed by atoms with van der Waals surface area (Å²) in [4.78, 5) is 36.4. The molecule has 1 amide bonds. The summed E-state index contributed by atoms with van der Waals surface area (Å²) in [5, 5.41) is 5.35. The largest absolute Gasteiger partial charge is 0.465 e. The van der Waals surface area contributed by atoms with E-state index in [4.69, 9.17) is 4.74 Å². The lowest BCUT2D eigenvalue weighted by molar-refractivity contribution is -0.145. The number of thiophene rings is 1. The van der Waals surface area contributed by atoms with E-state index < -0.39 is 41.0 Å². The first kappa shape index (κ1) is 20.8. The van der Waals surface area contributed by atoms with E-state index >= 15 is 0 Å². The predicted octanol–water partition coefficient (Wildman–Crippen LogP) is 2.38. The molecule has 0 unspecified atom stereocenters. The van der Waals surface area contributed by atoms with Crippen LogP contribution in [-0.4, -0.2) is 46.5 Å². The quantitative estimate of drug-likeness (QED) is 0.561.